The van der Waals surface area contributed by atoms with E-state index in [1.165, 1.54) is 11.5 Å². The van der Waals surface area contributed by atoms with Gasteiger partial charge in [0.05, 0.1) is 13.2 Å². The number of ether oxygens (including phenoxy) is 1. The van der Waals surface area contributed by atoms with Crippen LogP contribution in [0.1, 0.15) is 23.2 Å². The first-order valence-corrected chi connectivity index (χ1v) is 8.11. The van der Waals surface area contributed by atoms with Gasteiger partial charge in [-0.25, -0.2) is 0 Å². The van der Waals surface area contributed by atoms with Crippen LogP contribution >= 0.6 is 11.5 Å². The summed E-state index contributed by atoms with van der Waals surface area (Å²) in [6.45, 7) is 5.20. The second-order valence-electron chi connectivity index (χ2n) is 5.40. The summed E-state index contributed by atoms with van der Waals surface area (Å²) in [6.07, 6.45) is 2.12. The molecule has 1 aliphatic carbocycles. The molecule has 0 atom stereocenters. The van der Waals surface area contributed by atoms with Gasteiger partial charge in [-0.15, -0.1) is 0 Å². The zero-order valence-electron chi connectivity index (χ0n) is 11.9. The molecule has 2 aliphatic rings. The molecule has 116 valence electrons. The van der Waals surface area contributed by atoms with E-state index in [1.54, 1.807) is 0 Å². The number of rotatable bonds is 6. The van der Waals surface area contributed by atoms with Crippen molar-refractivity contribution >= 4 is 28.3 Å². The number of aromatic nitrogens is 1. The average molecular weight is 311 g/mol. The number of nitrogens with two attached hydrogens (primary N) is 1. The van der Waals surface area contributed by atoms with Crippen LogP contribution in [0.25, 0.3) is 0 Å². The topological polar surface area (TPSA) is 92.5 Å². The highest BCUT2D eigenvalue weighted by molar-refractivity contribution is 7.11. The van der Waals surface area contributed by atoms with Crippen molar-refractivity contribution in [2.45, 2.75) is 18.9 Å². The quantitative estimate of drug-likeness (QED) is 0.702. The molecule has 1 saturated heterocycles. The van der Waals surface area contributed by atoms with E-state index < -0.39 is 0 Å². The Bertz CT molecular complexity index is 497. The zero-order valence-corrected chi connectivity index (χ0v) is 12.7. The highest BCUT2D eigenvalue weighted by atomic mass is 32.1. The van der Waals surface area contributed by atoms with E-state index in [2.05, 4.69) is 19.9 Å². The molecule has 1 amide bonds. The lowest BCUT2D eigenvalue weighted by molar-refractivity contribution is 0.0398. The van der Waals surface area contributed by atoms with E-state index in [1.807, 2.05) is 0 Å². The van der Waals surface area contributed by atoms with Crippen molar-refractivity contribution < 1.29 is 9.53 Å². The number of nitrogens with zero attached hydrogens (tertiary/aromatic N) is 2. The Hall–Kier alpha value is -1.38. The second-order valence-corrected chi connectivity index (χ2v) is 6.17. The Kier molecular flexibility index (Phi) is 4.57. The zero-order chi connectivity index (χ0) is 14.7. The van der Waals surface area contributed by atoms with Gasteiger partial charge in [0.25, 0.3) is 5.91 Å². The lowest BCUT2D eigenvalue weighted by atomic mass is 10.3. The number of morpholine rings is 1. The third-order valence-corrected chi connectivity index (χ3v) is 4.49. The van der Waals surface area contributed by atoms with Gasteiger partial charge in [0, 0.05) is 32.2 Å². The first-order valence-electron chi connectivity index (χ1n) is 7.34. The Morgan fingerprint density at radius 2 is 2.19 bits per heavy atom. The number of anilines is 2. The number of carbonyl (C=O) groups excluding carboxylic acids is 1. The lowest BCUT2D eigenvalue weighted by Gasteiger charge is -2.26. The SMILES string of the molecule is Nc1nsc(NCCN2CCOCC2)c1C(=O)NC1CC1. The summed E-state index contributed by atoms with van der Waals surface area (Å²) in [5, 5.41) is 7.01. The van der Waals surface area contributed by atoms with Gasteiger partial charge in [0.2, 0.25) is 0 Å². The molecule has 7 nitrogen and oxygen atoms in total. The maximum absolute atomic E-state index is 12.2. The summed E-state index contributed by atoms with van der Waals surface area (Å²) in [5.74, 6) is 0.199. The van der Waals surface area contributed by atoms with Gasteiger partial charge in [0.15, 0.2) is 5.82 Å². The highest BCUT2D eigenvalue weighted by Crippen LogP contribution is 2.28. The van der Waals surface area contributed by atoms with Crippen molar-refractivity contribution in [3.05, 3.63) is 5.56 Å². The molecule has 1 aromatic heterocycles. The van der Waals surface area contributed by atoms with Crippen molar-refractivity contribution in [2.24, 2.45) is 0 Å². The second kappa shape index (κ2) is 6.59. The van der Waals surface area contributed by atoms with Crippen LogP contribution in [0.5, 0.6) is 0 Å². The van der Waals surface area contributed by atoms with Gasteiger partial charge in [-0.1, -0.05) is 0 Å². The van der Waals surface area contributed by atoms with E-state index in [0.29, 0.717) is 17.4 Å². The van der Waals surface area contributed by atoms with Gasteiger partial charge in [-0.3, -0.25) is 9.69 Å². The monoisotopic (exact) mass is 311 g/mol. The molecule has 8 heteroatoms. The maximum Gasteiger partial charge on any atom is 0.258 e. The van der Waals surface area contributed by atoms with Crippen LogP contribution in [0.3, 0.4) is 0 Å². The normalized spacial score (nSPS) is 19.4. The molecule has 2 fully saturated rings. The van der Waals surface area contributed by atoms with Crippen molar-refractivity contribution in [2.75, 3.05) is 50.4 Å². The number of hydrogen-bond acceptors (Lipinski definition) is 7. The minimum Gasteiger partial charge on any atom is -0.382 e. The van der Waals surface area contributed by atoms with Crippen LogP contribution in [0.4, 0.5) is 10.8 Å². The third kappa shape index (κ3) is 3.84. The van der Waals surface area contributed by atoms with Crippen LogP contribution in [-0.2, 0) is 4.74 Å². The van der Waals surface area contributed by atoms with Gasteiger partial charge < -0.3 is 21.1 Å². The summed E-state index contributed by atoms with van der Waals surface area (Å²) < 4.78 is 9.41. The number of hydrogen-bond donors (Lipinski definition) is 3. The molecule has 0 unspecified atom stereocenters. The van der Waals surface area contributed by atoms with E-state index in [9.17, 15) is 4.79 Å². The van der Waals surface area contributed by atoms with E-state index in [0.717, 1.165) is 57.2 Å². The average Bonchev–Trinajstić information content (AvgIpc) is 3.22. The molecular weight excluding hydrogens is 290 g/mol. The Morgan fingerprint density at radius 3 is 2.90 bits per heavy atom. The molecule has 1 aromatic rings. The standard InChI is InChI=1S/C13H21N5O2S/c14-11-10(12(19)16-9-1-2-9)13(21-17-11)15-3-4-18-5-7-20-8-6-18/h9,15H,1-8H2,(H2,14,17)(H,16,19). The molecule has 21 heavy (non-hydrogen) atoms. The maximum atomic E-state index is 12.2. The van der Waals surface area contributed by atoms with Crippen LogP contribution in [0.15, 0.2) is 0 Å². The molecule has 4 N–H and O–H groups in total. The van der Waals surface area contributed by atoms with Gasteiger partial charge in [0.1, 0.15) is 10.6 Å². The van der Waals surface area contributed by atoms with Crippen molar-refractivity contribution in [1.29, 1.82) is 0 Å². The first-order chi connectivity index (χ1) is 10.2. The van der Waals surface area contributed by atoms with Crippen molar-refractivity contribution in [3.63, 3.8) is 0 Å². The number of amides is 1. The smallest absolute Gasteiger partial charge is 0.258 e. The predicted molar refractivity (Wildman–Crippen MR) is 82.8 cm³/mol. The van der Waals surface area contributed by atoms with Gasteiger partial charge >= 0.3 is 0 Å². The number of carbonyl (C=O) groups is 1. The van der Waals surface area contributed by atoms with Gasteiger partial charge in [-0.05, 0) is 24.4 Å². The van der Waals surface area contributed by atoms with E-state index in [4.69, 9.17) is 10.5 Å². The molecule has 1 aliphatic heterocycles. The number of nitrogens with one attached hydrogen (secondary N) is 2. The fourth-order valence-electron chi connectivity index (χ4n) is 2.28. The minimum absolute atomic E-state index is 0.113. The van der Waals surface area contributed by atoms with Crippen LogP contribution in [-0.4, -0.2) is 60.6 Å². The first kappa shape index (κ1) is 14.6. The summed E-state index contributed by atoms with van der Waals surface area (Å²) in [5.41, 5.74) is 6.32. The highest BCUT2D eigenvalue weighted by Gasteiger charge is 2.27. The van der Waals surface area contributed by atoms with Crippen LogP contribution < -0.4 is 16.4 Å². The summed E-state index contributed by atoms with van der Waals surface area (Å²) in [7, 11) is 0. The molecular formula is C13H21N5O2S. The predicted octanol–water partition coefficient (Wildman–Crippen LogP) is 0.362. The van der Waals surface area contributed by atoms with Gasteiger partial charge in [-0.2, -0.15) is 4.37 Å². The summed E-state index contributed by atoms with van der Waals surface area (Å²) in [6, 6.07) is 0.318. The minimum atomic E-state index is -0.113. The molecule has 2 heterocycles. The largest absolute Gasteiger partial charge is 0.382 e. The molecule has 0 aromatic carbocycles. The van der Waals surface area contributed by atoms with E-state index >= 15 is 0 Å². The Labute approximate surface area is 128 Å². The molecule has 0 spiro atoms. The molecule has 3 rings (SSSR count). The summed E-state index contributed by atoms with van der Waals surface area (Å²) in [4.78, 5) is 14.5. The third-order valence-electron chi connectivity index (χ3n) is 3.68. The molecule has 0 radical (unpaired) electrons. The van der Waals surface area contributed by atoms with Crippen LogP contribution in [0.2, 0.25) is 0 Å². The van der Waals surface area contributed by atoms with Crippen molar-refractivity contribution in [3.8, 4) is 0 Å². The van der Waals surface area contributed by atoms with Crippen molar-refractivity contribution in [1.82, 2.24) is 14.6 Å². The van der Waals surface area contributed by atoms with E-state index in [-0.39, 0.29) is 5.91 Å². The lowest BCUT2D eigenvalue weighted by Crippen LogP contribution is -2.39. The molecule has 1 saturated carbocycles. The van der Waals surface area contributed by atoms with Crippen LogP contribution in [0, 0.1) is 0 Å². The fraction of sp³-hybridized carbons (Fsp3) is 0.692. The number of nitrogen functional groups attached to an aromatic ring is 1. The fourth-order valence-corrected chi connectivity index (χ4v) is 3.02. The Morgan fingerprint density at radius 1 is 1.43 bits per heavy atom. The Balaban J connectivity index is 1.53. The summed E-state index contributed by atoms with van der Waals surface area (Å²) >= 11 is 1.25. The molecule has 0 bridgehead atoms.